The van der Waals surface area contributed by atoms with Gasteiger partial charge in [0.1, 0.15) is 0 Å². The summed E-state index contributed by atoms with van der Waals surface area (Å²) in [5, 5.41) is 0. The van der Waals surface area contributed by atoms with Gasteiger partial charge in [-0.15, -0.1) is 0 Å². The standard InChI is InChI=1S/C16H19N3O2S/c20-22(21,19-8-7-15-16(10-19)18-11-17-15)14-6-5-12-3-1-2-4-13(12)9-14/h5-6,9,11H,1-4,7-8,10H2,(H,17,18). The zero-order valence-electron chi connectivity index (χ0n) is 12.4. The first-order valence-corrected chi connectivity index (χ1v) is 9.22. The van der Waals surface area contributed by atoms with Crippen LogP contribution in [-0.4, -0.2) is 29.2 Å². The van der Waals surface area contributed by atoms with E-state index in [4.69, 9.17) is 0 Å². The molecule has 0 amide bonds. The minimum absolute atomic E-state index is 0.384. The van der Waals surface area contributed by atoms with Gasteiger partial charge in [0, 0.05) is 13.0 Å². The molecule has 1 aliphatic heterocycles. The van der Waals surface area contributed by atoms with Crippen LogP contribution in [0.5, 0.6) is 0 Å². The Balaban J connectivity index is 1.66. The van der Waals surface area contributed by atoms with Gasteiger partial charge in [-0.3, -0.25) is 0 Å². The third kappa shape index (κ3) is 2.27. The zero-order valence-corrected chi connectivity index (χ0v) is 13.2. The van der Waals surface area contributed by atoms with Gasteiger partial charge in [-0.2, -0.15) is 4.31 Å². The Bertz CT molecular complexity index is 811. The van der Waals surface area contributed by atoms with E-state index in [1.807, 2.05) is 12.1 Å². The highest BCUT2D eigenvalue weighted by Crippen LogP contribution is 2.27. The highest BCUT2D eigenvalue weighted by atomic mass is 32.2. The van der Waals surface area contributed by atoms with Gasteiger partial charge in [0.2, 0.25) is 10.0 Å². The first-order valence-electron chi connectivity index (χ1n) is 7.78. The molecule has 2 aliphatic rings. The van der Waals surface area contributed by atoms with E-state index >= 15 is 0 Å². The van der Waals surface area contributed by atoms with Crippen molar-refractivity contribution in [2.75, 3.05) is 6.54 Å². The minimum atomic E-state index is -3.43. The van der Waals surface area contributed by atoms with Crippen molar-refractivity contribution >= 4 is 10.0 Å². The number of hydrogen-bond acceptors (Lipinski definition) is 3. The number of nitrogens with zero attached hydrogens (tertiary/aromatic N) is 2. The van der Waals surface area contributed by atoms with Crippen LogP contribution in [0.25, 0.3) is 0 Å². The number of imidazole rings is 1. The highest BCUT2D eigenvalue weighted by molar-refractivity contribution is 7.89. The van der Waals surface area contributed by atoms with Gasteiger partial charge in [-0.1, -0.05) is 6.07 Å². The van der Waals surface area contributed by atoms with Crippen LogP contribution in [0.1, 0.15) is 35.4 Å². The van der Waals surface area contributed by atoms with E-state index in [-0.39, 0.29) is 0 Å². The second-order valence-electron chi connectivity index (χ2n) is 6.05. The Kier molecular flexibility index (Phi) is 3.31. The van der Waals surface area contributed by atoms with Crippen molar-refractivity contribution < 1.29 is 8.42 Å². The molecule has 0 saturated carbocycles. The topological polar surface area (TPSA) is 66.1 Å². The number of aromatic nitrogens is 2. The van der Waals surface area contributed by atoms with E-state index in [2.05, 4.69) is 9.97 Å². The van der Waals surface area contributed by atoms with Gasteiger partial charge in [-0.05, 0) is 48.9 Å². The van der Waals surface area contributed by atoms with Crippen LogP contribution >= 0.6 is 0 Å². The molecular formula is C16H19N3O2S. The summed E-state index contributed by atoms with van der Waals surface area (Å²) < 4.78 is 27.3. The first kappa shape index (κ1) is 14.0. The minimum Gasteiger partial charge on any atom is -0.347 e. The van der Waals surface area contributed by atoms with Gasteiger partial charge in [0.15, 0.2) is 0 Å². The van der Waals surface area contributed by atoms with E-state index in [1.54, 1.807) is 16.7 Å². The number of benzene rings is 1. The summed E-state index contributed by atoms with van der Waals surface area (Å²) in [5.41, 5.74) is 4.40. The Morgan fingerprint density at radius 1 is 1.09 bits per heavy atom. The van der Waals surface area contributed by atoms with Crippen LogP contribution in [-0.2, 0) is 35.8 Å². The average molecular weight is 317 g/mol. The molecule has 2 heterocycles. The van der Waals surface area contributed by atoms with Crippen molar-refractivity contribution in [3.63, 3.8) is 0 Å². The molecule has 0 saturated heterocycles. The Labute approximate surface area is 130 Å². The molecule has 1 N–H and O–H groups in total. The summed E-state index contributed by atoms with van der Waals surface area (Å²) in [6.07, 6.45) is 6.72. The lowest BCUT2D eigenvalue weighted by atomic mass is 9.92. The number of H-pyrrole nitrogens is 1. The van der Waals surface area contributed by atoms with Gasteiger partial charge in [0.05, 0.1) is 29.2 Å². The van der Waals surface area contributed by atoms with Gasteiger partial charge >= 0.3 is 0 Å². The maximum atomic E-state index is 12.9. The largest absolute Gasteiger partial charge is 0.347 e. The zero-order chi connectivity index (χ0) is 15.2. The summed E-state index contributed by atoms with van der Waals surface area (Å²) in [6, 6.07) is 5.64. The van der Waals surface area contributed by atoms with Crippen LogP contribution in [0, 0.1) is 0 Å². The lowest BCUT2D eigenvalue weighted by Gasteiger charge is -2.26. The molecule has 6 heteroatoms. The molecule has 116 valence electrons. The molecular weight excluding hydrogens is 298 g/mol. The quantitative estimate of drug-likeness (QED) is 0.922. The highest BCUT2D eigenvalue weighted by Gasteiger charge is 2.30. The molecule has 1 aliphatic carbocycles. The smallest absolute Gasteiger partial charge is 0.243 e. The van der Waals surface area contributed by atoms with E-state index in [0.717, 1.165) is 30.7 Å². The molecule has 2 aromatic rings. The average Bonchev–Trinajstić information content (AvgIpc) is 3.02. The van der Waals surface area contributed by atoms with Crippen molar-refractivity contribution in [1.29, 1.82) is 0 Å². The molecule has 1 aromatic heterocycles. The number of aryl methyl sites for hydroxylation is 2. The molecule has 22 heavy (non-hydrogen) atoms. The molecule has 0 radical (unpaired) electrons. The number of sulfonamides is 1. The maximum Gasteiger partial charge on any atom is 0.243 e. The van der Waals surface area contributed by atoms with Crippen molar-refractivity contribution in [3.8, 4) is 0 Å². The molecule has 0 fully saturated rings. The van der Waals surface area contributed by atoms with E-state index in [9.17, 15) is 8.42 Å². The Hall–Kier alpha value is -1.66. The van der Waals surface area contributed by atoms with Crippen molar-refractivity contribution in [2.45, 2.75) is 43.5 Å². The molecule has 0 unspecified atom stereocenters. The normalized spacial score (nSPS) is 18.7. The lowest BCUT2D eigenvalue weighted by molar-refractivity contribution is 0.385. The number of aromatic amines is 1. The van der Waals surface area contributed by atoms with Crippen molar-refractivity contribution in [3.05, 3.63) is 47.0 Å². The molecule has 0 atom stereocenters. The second kappa shape index (κ2) is 5.21. The molecule has 5 nitrogen and oxygen atoms in total. The first-order chi connectivity index (χ1) is 10.6. The Morgan fingerprint density at radius 3 is 2.77 bits per heavy atom. The van der Waals surface area contributed by atoms with Crippen LogP contribution in [0.4, 0.5) is 0 Å². The third-order valence-electron chi connectivity index (χ3n) is 4.70. The summed E-state index contributed by atoms with van der Waals surface area (Å²) in [6.45, 7) is 0.881. The SMILES string of the molecule is O=S(=O)(c1ccc2c(c1)CCCC2)N1CCc2nc[nH]c2C1. The number of rotatable bonds is 2. The van der Waals surface area contributed by atoms with Crippen LogP contribution in [0.15, 0.2) is 29.4 Å². The molecule has 0 spiro atoms. The predicted octanol–water partition coefficient (Wildman–Crippen LogP) is 2.04. The second-order valence-corrected chi connectivity index (χ2v) is 7.99. The number of hydrogen-bond donors (Lipinski definition) is 1. The molecule has 1 aromatic carbocycles. The van der Waals surface area contributed by atoms with E-state index in [0.29, 0.717) is 24.4 Å². The Morgan fingerprint density at radius 2 is 1.91 bits per heavy atom. The maximum absolute atomic E-state index is 12.9. The predicted molar refractivity (Wildman–Crippen MR) is 83.0 cm³/mol. The van der Waals surface area contributed by atoms with Crippen LogP contribution < -0.4 is 0 Å². The summed E-state index contributed by atoms with van der Waals surface area (Å²) in [4.78, 5) is 7.70. The fourth-order valence-corrected chi connectivity index (χ4v) is 4.87. The summed E-state index contributed by atoms with van der Waals surface area (Å²) >= 11 is 0. The van der Waals surface area contributed by atoms with Crippen LogP contribution in [0.2, 0.25) is 0 Å². The monoisotopic (exact) mass is 317 g/mol. The van der Waals surface area contributed by atoms with Gasteiger partial charge < -0.3 is 4.98 Å². The third-order valence-corrected chi connectivity index (χ3v) is 6.54. The van der Waals surface area contributed by atoms with E-state index in [1.165, 1.54) is 17.5 Å². The fourth-order valence-electron chi connectivity index (χ4n) is 3.41. The van der Waals surface area contributed by atoms with E-state index < -0.39 is 10.0 Å². The number of nitrogens with one attached hydrogen (secondary N) is 1. The van der Waals surface area contributed by atoms with Gasteiger partial charge in [-0.25, -0.2) is 13.4 Å². The molecule has 0 bridgehead atoms. The van der Waals surface area contributed by atoms with Crippen molar-refractivity contribution in [2.24, 2.45) is 0 Å². The molecule has 4 rings (SSSR count). The lowest BCUT2D eigenvalue weighted by Crippen LogP contribution is -2.36. The summed E-state index contributed by atoms with van der Waals surface area (Å²) in [5.74, 6) is 0. The fraction of sp³-hybridized carbons (Fsp3) is 0.438. The van der Waals surface area contributed by atoms with Crippen LogP contribution in [0.3, 0.4) is 0 Å². The van der Waals surface area contributed by atoms with Gasteiger partial charge in [0.25, 0.3) is 0 Å². The van der Waals surface area contributed by atoms with Crippen molar-refractivity contribution in [1.82, 2.24) is 14.3 Å². The summed E-state index contributed by atoms with van der Waals surface area (Å²) in [7, 11) is -3.43. The number of fused-ring (bicyclic) bond motifs is 2.